The van der Waals surface area contributed by atoms with E-state index < -0.39 is 11.8 Å². The Labute approximate surface area is 107 Å². The van der Waals surface area contributed by atoms with Gasteiger partial charge in [-0.25, -0.2) is 9.18 Å². The molecule has 0 aliphatic rings. The molecule has 6 N–H and O–H groups in total. The zero-order valence-electron chi connectivity index (χ0n) is 9.72. The van der Waals surface area contributed by atoms with Crippen LogP contribution in [0.4, 0.5) is 4.39 Å². The van der Waals surface area contributed by atoms with Crippen molar-refractivity contribution in [2.24, 2.45) is 11.6 Å². The Kier molecular flexibility index (Phi) is 3.30. The Morgan fingerprint density at radius 3 is 2.68 bits per heavy atom. The highest BCUT2D eigenvalue weighted by Gasteiger charge is 2.13. The highest BCUT2D eigenvalue weighted by atomic mass is 19.1. The smallest absolute Gasteiger partial charge is 0.355 e. The van der Waals surface area contributed by atoms with Crippen LogP contribution in [-0.2, 0) is 4.79 Å². The Morgan fingerprint density at radius 1 is 1.32 bits per heavy atom. The molecule has 1 heterocycles. The van der Waals surface area contributed by atoms with Gasteiger partial charge in [-0.05, 0) is 29.7 Å². The monoisotopic (exact) mass is 262 g/mol. The average Bonchev–Trinajstić information content (AvgIpc) is 2.38. The molecule has 2 rings (SSSR count). The molecule has 0 fully saturated rings. The minimum Gasteiger partial charge on any atom is -0.476 e. The van der Waals surface area contributed by atoms with Gasteiger partial charge in [-0.1, -0.05) is 0 Å². The van der Waals surface area contributed by atoms with Gasteiger partial charge >= 0.3 is 5.97 Å². The quantitative estimate of drug-likeness (QED) is 0.365. The van der Waals surface area contributed by atoms with Crippen molar-refractivity contribution >= 4 is 22.4 Å². The number of carboxylic acids is 1. The maximum Gasteiger partial charge on any atom is 0.355 e. The van der Waals surface area contributed by atoms with E-state index in [0.717, 1.165) is 5.39 Å². The van der Waals surface area contributed by atoms with Crippen molar-refractivity contribution in [2.45, 2.75) is 0 Å². The lowest BCUT2D eigenvalue weighted by Crippen LogP contribution is -2.29. The third-order valence-corrected chi connectivity index (χ3v) is 2.59. The molecule has 1 aromatic carbocycles. The summed E-state index contributed by atoms with van der Waals surface area (Å²) in [4.78, 5) is 14.9. The maximum absolute atomic E-state index is 13.1. The number of hydrogen-bond donors (Lipinski definition) is 4. The first-order valence-corrected chi connectivity index (χ1v) is 5.28. The van der Waals surface area contributed by atoms with E-state index in [1.54, 1.807) is 6.07 Å². The third kappa shape index (κ3) is 2.45. The number of nitrogens with zero attached hydrogens (tertiary/aromatic N) is 1. The van der Waals surface area contributed by atoms with Crippen LogP contribution < -0.4 is 17.0 Å². The van der Waals surface area contributed by atoms with Crippen LogP contribution in [0.5, 0.6) is 0 Å². The largest absolute Gasteiger partial charge is 0.476 e. The number of halogens is 1. The summed E-state index contributed by atoms with van der Waals surface area (Å²) in [7, 11) is 0. The fraction of sp³-hybridized carbons (Fsp3) is 0. The lowest BCUT2D eigenvalue weighted by molar-refractivity contribution is -0.133. The molecule has 0 bridgehead atoms. The lowest BCUT2D eigenvalue weighted by Gasteiger charge is -2.07. The molecular weight excluding hydrogens is 251 g/mol. The van der Waals surface area contributed by atoms with E-state index in [1.165, 1.54) is 24.4 Å². The molecule has 0 unspecified atom stereocenters. The van der Waals surface area contributed by atoms with E-state index in [-0.39, 0.29) is 17.1 Å². The van der Waals surface area contributed by atoms with Crippen LogP contribution in [0.15, 0.2) is 36.2 Å². The standard InChI is InChI=1S/C12H11FN4O2/c13-8-2-1-6-5-16-9(4-7(6)3-8)10(14)11(17-15)12(18)19/h1-5,17H,14-15H2,(H,18,19)/b11-10-. The van der Waals surface area contributed by atoms with Crippen LogP contribution in [0.25, 0.3) is 16.5 Å². The molecule has 0 atom stereocenters. The summed E-state index contributed by atoms with van der Waals surface area (Å²) in [6.45, 7) is 0. The van der Waals surface area contributed by atoms with Gasteiger partial charge < -0.3 is 16.3 Å². The number of hydrogen-bond acceptors (Lipinski definition) is 5. The second-order valence-corrected chi connectivity index (χ2v) is 3.80. The van der Waals surface area contributed by atoms with E-state index in [0.29, 0.717) is 5.39 Å². The van der Waals surface area contributed by atoms with Crippen LogP contribution in [-0.4, -0.2) is 16.1 Å². The van der Waals surface area contributed by atoms with Gasteiger partial charge in [-0.15, -0.1) is 0 Å². The van der Waals surface area contributed by atoms with E-state index in [9.17, 15) is 9.18 Å². The highest BCUT2D eigenvalue weighted by Crippen LogP contribution is 2.18. The van der Waals surface area contributed by atoms with Crippen molar-refractivity contribution in [1.82, 2.24) is 10.4 Å². The van der Waals surface area contributed by atoms with Gasteiger partial charge in [-0.3, -0.25) is 10.8 Å². The van der Waals surface area contributed by atoms with Crippen LogP contribution in [0.2, 0.25) is 0 Å². The van der Waals surface area contributed by atoms with E-state index in [1.807, 2.05) is 5.43 Å². The van der Waals surface area contributed by atoms with Gasteiger partial charge in [0.25, 0.3) is 0 Å². The van der Waals surface area contributed by atoms with Crippen molar-refractivity contribution in [3.63, 3.8) is 0 Å². The summed E-state index contributed by atoms with van der Waals surface area (Å²) in [5.74, 6) is 3.39. The molecule has 0 spiro atoms. The molecule has 7 heteroatoms. The van der Waals surface area contributed by atoms with Crippen LogP contribution >= 0.6 is 0 Å². The summed E-state index contributed by atoms with van der Waals surface area (Å²) in [6.07, 6.45) is 1.48. The first-order chi connectivity index (χ1) is 9.02. The van der Waals surface area contributed by atoms with E-state index >= 15 is 0 Å². The minimum atomic E-state index is -1.30. The predicted molar refractivity (Wildman–Crippen MR) is 67.8 cm³/mol. The summed E-state index contributed by atoms with van der Waals surface area (Å²) < 4.78 is 13.1. The van der Waals surface area contributed by atoms with E-state index in [4.69, 9.17) is 16.7 Å². The van der Waals surface area contributed by atoms with Crippen molar-refractivity contribution in [2.75, 3.05) is 0 Å². The number of benzene rings is 1. The highest BCUT2D eigenvalue weighted by molar-refractivity contribution is 5.95. The van der Waals surface area contributed by atoms with Crippen molar-refractivity contribution in [1.29, 1.82) is 0 Å². The molecular formula is C12H11FN4O2. The molecule has 0 saturated heterocycles. The van der Waals surface area contributed by atoms with E-state index in [2.05, 4.69) is 4.98 Å². The fourth-order valence-corrected chi connectivity index (χ4v) is 1.64. The number of nitrogens with two attached hydrogens (primary N) is 2. The topological polar surface area (TPSA) is 114 Å². The normalized spacial score (nSPS) is 12.1. The third-order valence-electron chi connectivity index (χ3n) is 2.59. The fourth-order valence-electron chi connectivity index (χ4n) is 1.64. The molecule has 2 aromatic rings. The zero-order chi connectivity index (χ0) is 14.0. The number of fused-ring (bicyclic) bond motifs is 1. The number of aromatic nitrogens is 1. The van der Waals surface area contributed by atoms with Crippen LogP contribution in [0, 0.1) is 5.82 Å². The number of hydrazine groups is 1. The van der Waals surface area contributed by atoms with Gasteiger partial charge in [-0.2, -0.15) is 0 Å². The molecule has 0 amide bonds. The summed E-state index contributed by atoms with van der Waals surface area (Å²) in [6, 6.07) is 5.69. The second kappa shape index (κ2) is 4.91. The molecule has 0 aliphatic carbocycles. The second-order valence-electron chi connectivity index (χ2n) is 3.80. The maximum atomic E-state index is 13.1. The van der Waals surface area contributed by atoms with Gasteiger partial charge in [0.05, 0.1) is 11.4 Å². The predicted octanol–water partition coefficient (Wildman–Crippen LogP) is 0.549. The molecule has 19 heavy (non-hydrogen) atoms. The van der Waals surface area contributed by atoms with Crippen molar-refractivity contribution in [3.05, 3.63) is 47.7 Å². The van der Waals surface area contributed by atoms with Crippen molar-refractivity contribution < 1.29 is 14.3 Å². The Morgan fingerprint density at radius 2 is 2.05 bits per heavy atom. The number of rotatable bonds is 3. The Hall–Kier alpha value is -2.67. The molecule has 98 valence electrons. The summed E-state index contributed by atoms with van der Waals surface area (Å²) in [5.41, 5.74) is 7.39. The first-order valence-electron chi connectivity index (χ1n) is 5.28. The number of aliphatic carboxylic acids is 1. The average molecular weight is 262 g/mol. The minimum absolute atomic E-state index is 0.124. The number of carbonyl (C=O) groups is 1. The SMILES string of the molecule is NN/C(C(=O)O)=C(\N)c1cc2cc(F)ccc2cn1. The lowest BCUT2D eigenvalue weighted by atomic mass is 10.1. The number of nitrogens with one attached hydrogen (secondary N) is 1. The molecule has 1 aromatic heterocycles. The Bertz CT molecular complexity index is 684. The molecule has 0 radical (unpaired) electrons. The Balaban J connectivity index is 2.60. The number of carboxylic acid groups (broad SMARTS) is 1. The first kappa shape index (κ1) is 12.8. The van der Waals surface area contributed by atoms with Crippen LogP contribution in [0.3, 0.4) is 0 Å². The summed E-state index contributed by atoms with van der Waals surface area (Å²) in [5, 5.41) is 10.2. The van der Waals surface area contributed by atoms with Crippen molar-refractivity contribution in [3.8, 4) is 0 Å². The molecule has 0 aliphatic heterocycles. The van der Waals surface area contributed by atoms with Gasteiger partial charge in [0.15, 0.2) is 5.70 Å². The van der Waals surface area contributed by atoms with Gasteiger partial charge in [0, 0.05) is 11.6 Å². The summed E-state index contributed by atoms with van der Waals surface area (Å²) >= 11 is 0. The molecule has 6 nitrogen and oxygen atoms in total. The van der Waals surface area contributed by atoms with Gasteiger partial charge in [0.1, 0.15) is 5.82 Å². The van der Waals surface area contributed by atoms with Gasteiger partial charge in [0.2, 0.25) is 0 Å². The van der Waals surface area contributed by atoms with Crippen LogP contribution in [0.1, 0.15) is 5.69 Å². The zero-order valence-corrected chi connectivity index (χ0v) is 9.72. The number of pyridine rings is 1. The molecule has 0 saturated carbocycles.